The lowest BCUT2D eigenvalue weighted by atomic mass is 10.2. The van der Waals surface area contributed by atoms with Gasteiger partial charge in [0.05, 0.1) is 5.67 Å². The number of hydrogen-bond acceptors (Lipinski definition) is 3. The van der Waals surface area contributed by atoms with Crippen LogP contribution in [0.3, 0.4) is 0 Å². The summed E-state index contributed by atoms with van der Waals surface area (Å²) >= 11 is 0. The predicted octanol–water partition coefficient (Wildman–Crippen LogP) is 2.90. The summed E-state index contributed by atoms with van der Waals surface area (Å²) in [7, 11) is 2.11. The van der Waals surface area contributed by atoms with Crippen molar-refractivity contribution in [3.8, 4) is 0 Å². The Hall–Kier alpha value is -0.453. The highest BCUT2D eigenvalue weighted by atomic mass is 28.3. The van der Waals surface area contributed by atoms with E-state index < -0.39 is 9.28 Å². The monoisotopic (exact) mass is 242 g/mol. The molecule has 0 amide bonds. The standard InChI is InChI=1S/C12H24NO2Si/c1-6-8-11(3)10-12(13-9-7-2)16(14-4)15-5/h8-9,12H,6-7,10H2,1-5H3. The van der Waals surface area contributed by atoms with Gasteiger partial charge in [-0.05, 0) is 32.4 Å². The SMILES string of the molecule is CCC=NC(CC(C)=CCC)[Si](OC)OC. The van der Waals surface area contributed by atoms with Crippen molar-refractivity contribution in [2.75, 3.05) is 14.2 Å². The molecule has 1 atom stereocenters. The fourth-order valence-corrected chi connectivity index (χ4v) is 2.95. The fraction of sp³-hybridized carbons (Fsp3) is 0.750. The maximum atomic E-state index is 5.38. The number of allylic oxidation sites excluding steroid dienone is 1. The van der Waals surface area contributed by atoms with Crippen molar-refractivity contribution in [2.24, 2.45) is 4.99 Å². The molecule has 0 aromatic carbocycles. The van der Waals surface area contributed by atoms with Crippen LogP contribution < -0.4 is 0 Å². The average Bonchev–Trinajstić information content (AvgIpc) is 2.27. The van der Waals surface area contributed by atoms with Gasteiger partial charge in [0.2, 0.25) is 0 Å². The van der Waals surface area contributed by atoms with E-state index in [4.69, 9.17) is 8.85 Å². The summed E-state index contributed by atoms with van der Waals surface area (Å²) in [4.78, 5) is 4.54. The average molecular weight is 242 g/mol. The van der Waals surface area contributed by atoms with Crippen LogP contribution in [0.5, 0.6) is 0 Å². The number of rotatable bonds is 8. The molecule has 1 radical (unpaired) electrons. The lowest BCUT2D eigenvalue weighted by Gasteiger charge is -2.18. The molecule has 1 unspecified atom stereocenters. The highest BCUT2D eigenvalue weighted by Crippen LogP contribution is 2.12. The van der Waals surface area contributed by atoms with Gasteiger partial charge < -0.3 is 8.85 Å². The van der Waals surface area contributed by atoms with E-state index in [0.29, 0.717) is 0 Å². The van der Waals surface area contributed by atoms with E-state index >= 15 is 0 Å². The first-order valence-electron chi connectivity index (χ1n) is 5.81. The van der Waals surface area contributed by atoms with Gasteiger partial charge in [-0.25, -0.2) is 0 Å². The Balaban J connectivity index is 4.53. The molecule has 0 aliphatic rings. The minimum absolute atomic E-state index is 0.155. The molecule has 93 valence electrons. The van der Waals surface area contributed by atoms with Crippen LogP contribution >= 0.6 is 0 Å². The first kappa shape index (κ1) is 15.5. The third kappa shape index (κ3) is 6.20. The van der Waals surface area contributed by atoms with Crippen LogP contribution in [0.1, 0.15) is 40.0 Å². The molecule has 0 N–H and O–H groups in total. The second-order valence-corrected chi connectivity index (χ2v) is 5.77. The third-order valence-electron chi connectivity index (χ3n) is 2.21. The Morgan fingerprint density at radius 1 is 1.25 bits per heavy atom. The summed E-state index contributed by atoms with van der Waals surface area (Å²) < 4.78 is 10.8. The minimum atomic E-state index is -1.29. The zero-order chi connectivity index (χ0) is 12.4. The lowest BCUT2D eigenvalue weighted by molar-refractivity contribution is 0.266. The smallest absolute Gasteiger partial charge is 0.395 e. The quantitative estimate of drug-likeness (QED) is 0.372. The van der Waals surface area contributed by atoms with Crippen LogP contribution in [0.15, 0.2) is 16.6 Å². The third-order valence-corrected chi connectivity index (χ3v) is 3.91. The van der Waals surface area contributed by atoms with E-state index in [2.05, 4.69) is 31.8 Å². The van der Waals surface area contributed by atoms with E-state index in [1.165, 1.54) is 5.57 Å². The molecule has 0 saturated heterocycles. The van der Waals surface area contributed by atoms with Crippen molar-refractivity contribution in [3.63, 3.8) is 0 Å². The van der Waals surface area contributed by atoms with Gasteiger partial charge in [0.25, 0.3) is 0 Å². The summed E-state index contributed by atoms with van der Waals surface area (Å²) in [5.74, 6) is 0. The van der Waals surface area contributed by atoms with Gasteiger partial charge >= 0.3 is 9.28 Å². The molecule has 0 aliphatic carbocycles. The second-order valence-electron chi connectivity index (χ2n) is 3.65. The molecule has 3 nitrogen and oxygen atoms in total. The highest BCUT2D eigenvalue weighted by Gasteiger charge is 2.25. The van der Waals surface area contributed by atoms with Crippen LogP contribution in [0.25, 0.3) is 0 Å². The van der Waals surface area contributed by atoms with Crippen molar-refractivity contribution in [1.82, 2.24) is 0 Å². The topological polar surface area (TPSA) is 30.8 Å². The summed E-state index contributed by atoms with van der Waals surface area (Å²) in [5, 5.41) is 0. The Morgan fingerprint density at radius 2 is 1.88 bits per heavy atom. The van der Waals surface area contributed by atoms with E-state index in [0.717, 1.165) is 19.3 Å². The first-order chi connectivity index (χ1) is 7.69. The Bertz CT molecular complexity index is 225. The molecule has 0 rings (SSSR count). The van der Waals surface area contributed by atoms with Crippen LogP contribution in [0.2, 0.25) is 0 Å². The van der Waals surface area contributed by atoms with Gasteiger partial charge in [-0.1, -0.05) is 25.5 Å². The Morgan fingerprint density at radius 3 is 2.31 bits per heavy atom. The van der Waals surface area contributed by atoms with Gasteiger partial charge in [-0.2, -0.15) is 0 Å². The van der Waals surface area contributed by atoms with Crippen LogP contribution in [-0.2, 0) is 8.85 Å². The Kier molecular flexibility index (Phi) is 9.47. The van der Waals surface area contributed by atoms with Gasteiger partial charge in [0.1, 0.15) is 0 Å². The summed E-state index contributed by atoms with van der Waals surface area (Å²) in [5.41, 5.74) is 1.51. The molecule has 4 heteroatoms. The molecule has 16 heavy (non-hydrogen) atoms. The van der Waals surface area contributed by atoms with Gasteiger partial charge in [-0.15, -0.1) is 0 Å². The van der Waals surface area contributed by atoms with Crippen molar-refractivity contribution in [1.29, 1.82) is 0 Å². The summed E-state index contributed by atoms with van der Waals surface area (Å²) in [6, 6.07) is 0. The van der Waals surface area contributed by atoms with Crippen molar-refractivity contribution in [3.05, 3.63) is 11.6 Å². The van der Waals surface area contributed by atoms with E-state index in [9.17, 15) is 0 Å². The molecule has 0 saturated carbocycles. The molecule has 0 aromatic rings. The van der Waals surface area contributed by atoms with Crippen molar-refractivity contribution >= 4 is 15.5 Å². The van der Waals surface area contributed by atoms with E-state index in [1.54, 1.807) is 14.2 Å². The fourth-order valence-electron chi connectivity index (χ4n) is 1.52. The van der Waals surface area contributed by atoms with E-state index in [1.807, 2.05) is 6.21 Å². The predicted molar refractivity (Wildman–Crippen MR) is 71.0 cm³/mol. The zero-order valence-electron chi connectivity index (χ0n) is 11.1. The van der Waals surface area contributed by atoms with Gasteiger partial charge in [-0.3, -0.25) is 4.99 Å². The normalized spacial score (nSPS) is 15.0. The molecular weight excluding hydrogens is 218 g/mol. The van der Waals surface area contributed by atoms with Gasteiger partial charge in [0, 0.05) is 14.2 Å². The number of aliphatic imine (C=N–C) groups is 1. The zero-order valence-corrected chi connectivity index (χ0v) is 12.1. The molecule has 0 fully saturated rings. The largest absolute Gasteiger partial charge is 0.411 e. The van der Waals surface area contributed by atoms with Gasteiger partial charge in [0.15, 0.2) is 0 Å². The number of nitrogens with zero attached hydrogens (tertiary/aromatic N) is 1. The van der Waals surface area contributed by atoms with Crippen LogP contribution in [-0.4, -0.2) is 35.4 Å². The highest BCUT2D eigenvalue weighted by molar-refractivity contribution is 6.46. The first-order valence-corrected chi connectivity index (χ1v) is 7.20. The maximum absolute atomic E-state index is 5.38. The molecule has 0 aliphatic heterocycles. The van der Waals surface area contributed by atoms with Crippen LogP contribution in [0, 0.1) is 0 Å². The summed E-state index contributed by atoms with van der Waals surface area (Å²) in [6.07, 6.45) is 7.14. The Labute approximate surface area is 101 Å². The molecule has 0 heterocycles. The molecule has 0 spiro atoms. The molecule has 0 bridgehead atoms. The summed E-state index contributed by atoms with van der Waals surface area (Å²) in [6.45, 7) is 6.37. The van der Waals surface area contributed by atoms with Crippen LogP contribution in [0.4, 0.5) is 0 Å². The van der Waals surface area contributed by atoms with E-state index in [-0.39, 0.29) is 5.67 Å². The number of hydrogen-bond donors (Lipinski definition) is 0. The molecular formula is C12H24NO2Si. The maximum Gasteiger partial charge on any atom is 0.411 e. The second kappa shape index (κ2) is 9.75. The molecule has 0 aromatic heterocycles. The lowest BCUT2D eigenvalue weighted by Crippen LogP contribution is -2.34. The van der Waals surface area contributed by atoms with Crippen molar-refractivity contribution < 1.29 is 8.85 Å². The minimum Gasteiger partial charge on any atom is -0.395 e. The van der Waals surface area contributed by atoms with Crippen molar-refractivity contribution in [2.45, 2.75) is 45.7 Å².